The average molecular weight is 361 g/mol. The van der Waals surface area contributed by atoms with Crippen LogP contribution in [0.1, 0.15) is 35.4 Å². The Bertz CT molecular complexity index is 975. The molecule has 0 saturated heterocycles. The zero-order valence-corrected chi connectivity index (χ0v) is 14.0. The monoisotopic (exact) mass is 361 g/mol. The van der Waals surface area contributed by atoms with Crippen LogP contribution in [-0.4, -0.2) is 4.98 Å². The first kappa shape index (κ1) is 16.9. The summed E-state index contributed by atoms with van der Waals surface area (Å²) in [7, 11) is 0. The second-order valence-corrected chi connectivity index (χ2v) is 6.57. The minimum atomic E-state index is -4.53. The van der Waals surface area contributed by atoms with Gasteiger partial charge >= 0.3 is 6.18 Å². The lowest BCUT2D eigenvalue weighted by Gasteiger charge is -2.18. The van der Waals surface area contributed by atoms with Gasteiger partial charge in [0.15, 0.2) is 5.69 Å². The van der Waals surface area contributed by atoms with E-state index in [1.165, 1.54) is 12.1 Å². The van der Waals surface area contributed by atoms with Crippen LogP contribution < -0.4 is 4.74 Å². The summed E-state index contributed by atoms with van der Waals surface area (Å²) < 4.78 is 50.4. The first-order chi connectivity index (χ1) is 12.3. The third-order valence-corrected chi connectivity index (χ3v) is 4.62. The van der Waals surface area contributed by atoms with Crippen LogP contribution in [0.5, 0.6) is 5.75 Å². The number of nitrogens with one attached hydrogen (secondary N) is 1. The summed E-state index contributed by atoms with van der Waals surface area (Å²) >= 11 is 0. The van der Waals surface area contributed by atoms with E-state index < -0.39 is 17.4 Å². The molecule has 0 aliphatic heterocycles. The van der Waals surface area contributed by atoms with E-state index in [0.717, 1.165) is 30.0 Å². The fourth-order valence-corrected chi connectivity index (χ4v) is 3.23. The van der Waals surface area contributed by atoms with Gasteiger partial charge in [-0.15, -0.1) is 0 Å². The van der Waals surface area contributed by atoms with Crippen LogP contribution in [0.2, 0.25) is 0 Å². The normalized spacial score (nSPS) is 16.0. The van der Waals surface area contributed by atoms with Gasteiger partial charge in [0.1, 0.15) is 23.7 Å². The molecule has 0 spiro atoms. The van der Waals surface area contributed by atoms with Gasteiger partial charge in [-0.3, -0.25) is 4.98 Å². The zero-order valence-electron chi connectivity index (χ0n) is 14.0. The van der Waals surface area contributed by atoms with Crippen molar-refractivity contribution in [2.24, 2.45) is 0 Å². The van der Waals surface area contributed by atoms with E-state index in [4.69, 9.17) is 14.9 Å². The molecule has 2 aromatic heterocycles. The number of halogens is 3. The molecule has 1 aliphatic carbocycles. The number of hydrogen-bond acceptors (Lipinski definition) is 3. The molecule has 1 saturated carbocycles. The minimum Gasteiger partial charge on any atom is -0.668 e. The van der Waals surface area contributed by atoms with Crippen molar-refractivity contribution in [1.29, 1.82) is 0 Å². The van der Waals surface area contributed by atoms with Gasteiger partial charge in [0, 0.05) is 17.1 Å². The van der Waals surface area contributed by atoms with E-state index in [1.54, 1.807) is 18.2 Å². The number of hydrogen-bond donors (Lipinski definition) is 0. The fraction of sp³-hybridized carbons (Fsp3) is 0.316. The maximum Gasteiger partial charge on any atom is 0.433 e. The van der Waals surface area contributed by atoms with Crippen LogP contribution in [0, 0.1) is 6.92 Å². The van der Waals surface area contributed by atoms with Gasteiger partial charge in [-0.2, -0.15) is 13.2 Å². The summed E-state index contributed by atoms with van der Waals surface area (Å²) in [6.45, 7) is 1.59. The van der Waals surface area contributed by atoms with Crippen molar-refractivity contribution in [3.8, 4) is 5.75 Å². The zero-order chi connectivity index (χ0) is 18.5. The molecule has 0 radical (unpaired) electrons. The van der Waals surface area contributed by atoms with Crippen LogP contribution in [0.4, 0.5) is 13.2 Å². The number of aromatic nitrogens is 1. The van der Waals surface area contributed by atoms with Crippen molar-refractivity contribution in [2.45, 2.75) is 38.1 Å². The summed E-state index contributed by atoms with van der Waals surface area (Å²) in [5.74, 6) is 1.14. The summed E-state index contributed by atoms with van der Waals surface area (Å²) in [6, 6.07) is 7.92. The first-order valence-electron chi connectivity index (χ1n) is 8.20. The van der Waals surface area contributed by atoms with E-state index in [-0.39, 0.29) is 12.2 Å². The largest absolute Gasteiger partial charge is 0.668 e. The van der Waals surface area contributed by atoms with Crippen LogP contribution in [-0.2, 0) is 18.3 Å². The van der Waals surface area contributed by atoms with Crippen molar-refractivity contribution in [3.05, 3.63) is 64.8 Å². The second-order valence-electron chi connectivity index (χ2n) is 6.57. The topological polar surface area (TPSA) is 59.1 Å². The Morgan fingerprint density at radius 3 is 2.73 bits per heavy atom. The number of aryl methyl sites for hydroxylation is 1. The Hall–Kier alpha value is -2.54. The predicted molar refractivity (Wildman–Crippen MR) is 89.8 cm³/mol. The van der Waals surface area contributed by atoms with E-state index in [1.807, 2.05) is 6.92 Å². The number of fused-ring (bicyclic) bond motifs is 1. The molecule has 0 unspecified atom stereocenters. The molecule has 1 aromatic carbocycles. The maximum absolute atomic E-state index is 13.0. The molecule has 1 aliphatic rings. The average Bonchev–Trinajstić information content (AvgIpc) is 3.22. The Morgan fingerprint density at radius 2 is 2.04 bits per heavy atom. The number of rotatable bonds is 4. The molecule has 0 amide bonds. The van der Waals surface area contributed by atoms with Gasteiger partial charge in [0.05, 0.1) is 0 Å². The number of ether oxygens (including phenoxy) is 1. The molecule has 0 atom stereocenters. The van der Waals surface area contributed by atoms with Crippen molar-refractivity contribution in [1.82, 2.24) is 4.98 Å². The molecule has 4 rings (SSSR count). The molecule has 3 aromatic rings. The SMILES string of the molecule is Cc1oc2ccc(OCc3cccnc3C(F)(F)F)cc2c1C1([NH-])CC1. The highest BCUT2D eigenvalue weighted by molar-refractivity contribution is 5.85. The number of alkyl halides is 3. The van der Waals surface area contributed by atoms with Crippen LogP contribution in [0.3, 0.4) is 0 Å². The Labute approximate surface area is 147 Å². The molecule has 0 bridgehead atoms. The minimum absolute atomic E-state index is 0.0251. The Morgan fingerprint density at radius 1 is 1.27 bits per heavy atom. The Balaban J connectivity index is 1.63. The molecular weight excluding hydrogens is 345 g/mol. The summed E-state index contributed by atoms with van der Waals surface area (Å²) in [5, 5.41) is 0.787. The van der Waals surface area contributed by atoms with E-state index in [9.17, 15) is 13.2 Å². The molecule has 1 N–H and O–H groups in total. The number of pyridine rings is 1. The third kappa shape index (κ3) is 2.92. The second kappa shape index (κ2) is 5.74. The molecule has 7 heteroatoms. The molecule has 26 heavy (non-hydrogen) atoms. The fourth-order valence-electron chi connectivity index (χ4n) is 3.23. The van der Waals surface area contributed by atoms with Gasteiger partial charge in [0.25, 0.3) is 0 Å². The van der Waals surface area contributed by atoms with E-state index >= 15 is 0 Å². The smallest absolute Gasteiger partial charge is 0.433 e. The van der Waals surface area contributed by atoms with Crippen molar-refractivity contribution >= 4 is 11.0 Å². The highest BCUT2D eigenvalue weighted by Gasteiger charge is 2.36. The number of benzene rings is 1. The molecule has 4 nitrogen and oxygen atoms in total. The van der Waals surface area contributed by atoms with Crippen molar-refractivity contribution < 1.29 is 22.3 Å². The summed E-state index contributed by atoms with van der Waals surface area (Å²) in [6.07, 6.45) is -1.86. The van der Waals surface area contributed by atoms with Gasteiger partial charge < -0.3 is 14.9 Å². The molecular formula is C19H16F3N2O2-. The highest BCUT2D eigenvalue weighted by atomic mass is 19.4. The quantitative estimate of drug-likeness (QED) is 0.592. The van der Waals surface area contributed by atoms with Crippen LogP contribution in [0.15, 0.2) is 40.9 Å². The predicted octanol–water partition coefficient (Wildman–Crippen LogP) is 5.78. The standard InChI is InChI=1S/C19H16F3N2O2/c1-11-16(18(23)6-7-18)14-9-13(4-5-15(14)26-11)25-10-12-3-2-8-24-17(12)19(20,21)22/h2-5,8-9,23H,6-7,10H2,1H3/q-1. The maximum atomic E-state index is 13.0. The number of furan rings is 1. The van der Waals surface area contributed by atoms with Gasteiger partial charge in [-0.05, 0) is 36.8 Å². The first-order valence-corrected chi connectivity index (χ1v) is 8.20. The van der Waals surface area contributed by atoms with Gasteiger partial charge in [-0.25, -0.2) is 0 Å². The molecule has 2 heterocycles. The third-order valence-electron chi connectivity index (χ3n) is 4.62. The van der Waals surface area contributed by atoms with Gasteiger partial charge in [-0.1, -0.05) is 24.4 Å². The van der Waals surface area contributed by atoms with Gasteiger partial charge in [0.2, 0.25) is 0 Å². The van der Waals surface area contributed by atoms with E-state index in [2.05, 4.69) is 4.98 Å². The summed E-state index contributed by atoms with van der Waals surface area (Å²) in [5.41, 5.74) is 8.30. The molecule has 136 valence electrons. The van der Waals surface area contributed by atoms with E-state index in [0.29, 0.717) is 17.1 Å². The van der Waals surface area contributed by atoms with Crippen molar-refractivity contribution in [3.63, 3.8) is 0 Å². The van der Waals surface area contributed by atoms with Crippen molar-refractivity contribution in [2.75, 3.05) is 0 Å². The van der Waals surface area contributed by atoms with Crippen LogP contribution >= 0.6 is 0 Å². The Kier molecular flexibility index (Phi) is 3.73. The number of nitrogens with zero attached hydrogens (tertiary/aromatic N) is 1. The van der Waals surface area contributed by atoms with Crippen LogP contribution in [0.25, 0.3) is 16.7 Å². The molecule has 1 fully saturated rings. The highest BCUT2D eigenvalue weighted by Crippen LogP contribution is 2.53. The summed E-state index contributed by atoms with van der Waals surface area (Å²) in [4.78, 5) is 3.43. The lowest BCUT2D eigenvalue weighted by molar-refractivity contribution is -0.142. The lowest BCUT2D eigenvalue weighted by atomic mass is 10.0. The lowest BCUT2D eigenvalue weighted by Crippen LogP contribution is -2.13.